The molecule has 2 heterocycles. The van der Waals surface area contributed by atoms with Crippen molar-refractivity contribution in [2.75, 3.05) is 0 Å². The van der Waals surface area contributed by atoms with Crippen LogP contribution in [0.3, 0.4) is 0 Å². The topological polar surface area (TPSA) is 104 Å². The van der Waals surface area contributed by atoms with Gasteiger partial charge in [0.05, 0.1) is 11.2 Å². The molecule has 0 aromatic heterocycles. The van der Waals surface area contributed by atoms with Crippen LogP contribution >= 0.6 is 11.8 Å². The van der Waals surface area contributed by atoms with Crippen LogP contribution < -0.4 is 0 Å². The fourth-order valence-electron chi connectivity index (χ4n) is 1.90. The lowest BCUT2D eigenvalue weighted by atomic mass is 9.86. The fraction of sp³-hybridized carbons (Fsp3) is 0.400. The fourth-order valence-corrected chi connectivity index (χ4v) is 3.12. The van der Waals surface area contributed by atoms with Crippen molar-refractivity contribution in [1.29, 1.82) is 21.0 Å². The summed E-state index contributed by atoms with van der Waals surface area (Å²) >= 11 is 1.25. The summed E-state index contributed by atoms with van der Waals surface area (Å²) in [6.45, 7) is 0. The van der Waals surface area contributed by atoms with Crippen LogP contribution in [0.5, 0.6) is 0 Å². The third kappa shape index (κ3) is 1.01. The average Bonchev–Trinajstić information content (AvgIpc) is 2.90. The molecule has 0 N–H and O–H groups in total. The molecule has 0 amide bonds. The first kappa shape index (κ1) is 10.5. The summed E-state index contributed by atoms with van der Waals surface area (Å²) in [4.78, 5) is 0. The molecule has 2 rings (SSSR count). The molecule has 0 aromatic rings. The van der Waals surface area contributed by atoms with Gasteiger partial charge in [-0.1, -0.05) is 6.08 Å². The number of fused-ring (bicyclic) bond motifs is 1. The van der Waals surface area contributed by atoms with Gasteiger partial charge in [0.25, 0.3) is 11.2 Å². The van der Waals surface area contributed by atoms with E-state index in [9.17, 15) is 0 Å². The highest BCUT2D eigenvalue weighted by Crippen LogP contribution is 2.52. The monoisotopic (exact) mass is 228 g/mol. The van der Waals surface area contributed by atoms with Gasteiger partial charge in [0.15, 0.2) is 0 Å². The Morgan fingerprint density at radius 2 is 1.56 bits per heavy atom. The van der Waals surface area contributed by atoms with E-state index < -0.39 is 22.4 Å². The Labute approximate surface area is 96.1 Å². The van der Waals surface area contributed by atoms with E-state index in [2.05, 4.69) is 0 Å². The first-order chi connectivity index (χ1) is 7.68. The van der Waals surface area contributed by atoms with Crippen LogP contribution in [0.15, 0.2) is 11.5 Å². The largest absolute Gasteiger partial charge is 0.311 e. The molecule has 0 saturated carbocycles. The predicted octanol–water partition coefficient (Wildman–Crippen LogP) is 0.834. The molecule has 0 aliphatic carbocycles. The minimum Gasteiger partial charge on any atom is -0.311 e. The second kappa shape index (κ2) is 3.26. The van der Waals surface area contributed by atoms with E-state index in [0.717, 1.165) is 0 Å². The highest BCUT2D eigenvalue weighted by Gasteiger charge is 2.65. The van der Waals surface area contributed by atoms with Crippen molar-refractivity contribution in [3.63, 3.8) is 0 Å². The highest BCUT2D eigenvalue weighted by molar-refractivity contribution is 8.03. The minimum absolute atomic E-state index is 0.512. The second-order valence-electron chi connectivity index (χ2n) is 3.43. The second-order valence-corrected chi connectivity index (χ2v) is 4.48. The van der Waals surface area contributed by atoms with Gasteiger partial charge in [0.2, 0.25) is 0 Å². The van der Waals surface area contributed by atoms with Crippen LogP contribution in [0.25, 0.3) is 0 Å². The molecule has 1 saturated heterocycles. The van der Waals surface area contributed by atoms with Crippen molar-refractivity contribution in [3.05, 3.63) is 11.5 Å². The lowest BCUT2D eigenvalue weighted by molar-refractivity contribution is 0.0155. The minimum atomic E-state index is -1.73. The van der Waals surface area contributed by atoms with Gasteiger partial charge in [0, 0.05) is 0 Å². The van der Waals surface area contributed by atoms with Gasteiger partial charge in [-0.05, 0) is 5.41 Å². The number of ether oxygens (including phenoxy) is 1. The molecule has 76 valence electrons. The first-order valence-electron chi connectivity index (χ1n) is 4.35. The van der Waals surface area contributed by atoms with Gasteiger partial charge < -0.3 is 4.74 Å². The van der Waals surface area contributed by atoms with Gasteiger partial charge in [-0.2, -0.15) is 21.0 Å². The lowest BCUT2D eigenvalue weighted by Crippen LogP contribution is -2.35. The van der Waals surface area contributed by atoms with Gasteiger partial charge in [-0.3, -0.25) is 0 Å². The zero-order valence-corrected chi connectivity index (χ0v) is 8.73. The lowest BCUT2D eigenvalue weighted by Gasteiger charge is -2.17. The standard InChI is InChI=1S/C10H4N4OS/c11-3-9(4-12)7-1-2-16-8(7)10(5-13,6-14)15-9/h1-2,7-8H/t7-,8+/m0/s1. The third-order valence-electron chi connectivity index (χ3n) is 2.69. The van der Waals surface area contributed by atoms with Crippen molar-refractivity contribution < 1.29 is 4.74 Å². The Morgan fingerprint density at radius 1 is 1.00 bits per heavy atom. The molecule has 1 fully saturated rings. The zero-order valence-electron chi connectivity index (χ0n) is 7.91. The first-order valence-corrected chi connectivity index (χ1v) is 5.29. The van der Waals surface area contributed by atoms with E-state index >= 15 is 0 Å². The molecule has 0 unspecified atom stereocenters. The smallest absolute Gasteiger partial charge is 0.256 e. The molecule has 0 aromatic carbocycles. The quantitative estimate of drug-likeness (QED) is 0.608. The number of hydrogen-bond acceptors (Lipinski definition) is 6. The van der Waals surface area contributed by atoms with E-state index in [1.165, 1.54) is 11.8 Å². The third-order valence-corrected chi connectivity index (χ3v) is 3.93. The van der Waals surface area contributed by atoms with Crippen molar-refractivity contribution in [1.82, 2.24) is 0 Å². The Bertz CT molecular complexity index is 499. The van der Waals surface area contributed by atoms with E-state index in [4.69, 9.17) is 25.8 Å². The molecule has 6 heteroatoms. The highest BCUT2D eigenvalue weighted by atomic mass is 32.2. The van der Waals surface area contributed by atoms with E-state index in [1.54, 1.807) is 35.8 Å². The average molecular weight is 228 g/mol. The maximum atomic E-state index is 9.03. The molecule has 2 aliphatic heterocycles. The van der Waals surface area contributed by atoms with Gasteiger partial charge >= 0.3 is 0 Å². The van der Waals surface area contributed by atoms with E-state index in [-0.39, 0.29) is 0 Å². The van der Waals surface area contributed by atoms with Crippen molar-refractivity contribution in [3.8, 4) is 24.3 Å². The van der Waals surface area contributed by atoms with E-state index in [1.807, 2.05) is 0 Å². The van der Waals surface area contributed by atoms with Gasteiger partial charge in [-0.25, -0.2) is 0 Å². The summed E-state index contributed by atoms with van der Waals surface area (Å²) in [7, 11) is 0. The Kier molecular flexibility index (Phi) is 2.14. The van der Waals surface area contributed by atoms with E-state index in [0.29, 0.717) is 0 Å². The van der Waals surface area contributed by atoms with Crippen molar-refractivity contribution in [2.45, 2.75) is 16.5 Å². The van der Waals surface area contributed by atoms with Crippen LogP contribution in [0, 0.1) is 51.2 Å². The maximum Gasteiger partial charge on any atom is 0.256 e. The number of nitriles is 4. The summed E-state index contributed by atoms with van der Waals surface area (Å²) in [6.07, 6.45) is 1.65. The SMILES string of the molecule is N#CC1(C#N)OC(C#N)(C#N)[C@H]2C=CS[C@H]21. The summed E-state index contributed by atoms with van der Waals surface area (Å²) in [5, 5.41) is 37.3. The molecule has 16 heavy (non-hydrogen) atoms. The number of thioether (sulfide) groups is 1. The zero-order chi connectivity index (χ0) is 11.8. The normalized spacial score (nSPS) is 31.8. The number of rotatable bonds is 0. The van der Waals surface area contributed by atoms with Crippen LogP contribution in [0.4, 0.5) is 0 Å². The summed E-state index contributed by atoms with van der Waals surface area (Å²) in [6, 6.07) is 7.09. The summed E-state index contributed by atoms with van der Waals surface area (Å²) < 4.78 is 5.18. The molecule has 0 spiro atoms. The predicted molar refractivity (Wildman–Crippen MR) is 53.0 cm³/mol. The maximum absolute atomic E-state index is 9.03. The molecule has 2 aliphatic rings. The molecule has 5 nitrogen and oxygen atoms in total. The van der Waals surface area contributed by atoms with Crippen LogP contribution in [-0.4, -0.2) is 16.5 Å². The number of nitrogens with zero attached hydrogens (tertiary/aromatic N) is 4. The molecule has 2 atom stereocenters. The van der Waals surface area contributed by atoms with Crippen molar-refractivity contribution in [2.24, 2.45) is 5.92 Å². The van der Waals surface area contributed by atoms with Crippen LogP contribution in [0.2, 0.25) is 0 Å². The van der Waals surface area contributed by atoms with Crippen molar-refractivity contribution >= 4 is 11.8 Å². The molecular formula is C10H4N4OS. The Morgan fingerprint density at radius 3 is 2.06 bits per heavy atom. The Hall–Kier alpha value is -1.99. The van der Waals surface area contributed by atoms with Gasteiger partial charge in [0.1, 0.15) is 24.3 Å². The molecule has 0 bridgehead atoms. The van der Waals surface area contributed by atoms with Gasteiger partial charge in [-0.15, -0.1) is 11.8 Å². The summed E-state index contributed by atoms with van der Waals surface area (Å²) in [5.74, 6) is -0.535. The summed E-state index contributed by atoms with van der Waals surface area (Å²) in [5.41, 5.74) is -3.44. The Balaban J connectivity index is 2.57. The van der Waals surface area contributed by atoms with Crippen LogP contribution in [0.1, 0.15) is 0 Å². The molecular weight excluding hydrogens is 224 g/mol. The molecule has 0 radical (unpaired) electrons. The van der Waals surface area contributed by atoms with Crippen LogP contribution in [-0.2, 0) is 4.74 Å². The number of hydrogen-bond donors (Lipinski definition) is 0.